The largest absolute Gasteiger partial charge is 0.389 e. The van der Waals surface area contributed by atoms with Crippen molar-refractivity contribution in [2.45, 2.75) is 38.0 Å². The quantitative estimate of drug-likeness (QED) is 0.841. The summed E-state index contributed by atoms with van der Waals surface area (Å²) in [4.78, 5) is 6.52. The van der Waals surface area contributed by atoms with Crippen molar-refractivity contribution in [1.29, 1.82) is 0 Å². The molecule has 8 nitrogen and oxygen atoms in total. The molecule has 2 heterocycles. The lowest BCUT2D eigenvalue weighted by atomic mass is 9.99. The Bertz CT molecular complexity index is 632. The third-order valence-corrected chi connectivity index (χ3v) is 3.97. The van der Waals surface area contributed by atoms with E-state index in [1.807, 2.05) is 13.8 Å². The Morgan fingerprint density at radius 3 is 2.42 bits per heavy atom. The Labute approximate surface area is 111 Å². The molecule has 1 atom stereocenters. The number of aryl methyl sites for hydroxylation is 2. The van der Waals surface area contributed by atoms with Gasteiger partial charge in [-0.1, -0.05) is 5.16 Å². The number of aromatic nitrogens is 3. The summed E-state index contributed by atoms with van der Waals surface area (Å²) in [5, 5.41) is 16.2. The summed E-state index contributed by atoms with van der Waals surface area (Å²) >= 11 is 0. The van der Waals surface area contributed by atoms with Crippen LogP contribution in [0.2, 0.25) is 0 Å². The lowest BCUT2D eigenvalue weighted by Crippen LogP contribution is -2.30. The van der Waals surface area contributed by atoms with Crippen molar-refractivity contribution in [2.75, 3.05) is 0 Å². The van der Waals surface area contributed by atoms with Crippen LogP contribution in [0.25, 0.3) is 0 Å². The molecule has 19 heavy (non-hydrogen) atoms. The van der Waals surface area contributed by atoms with Crippen LogP contribution in [0.1, 0.15) is 36.9 Å². The average Bonchev–Trinajstić information content (AvgIpc) is 2.69. The molecule has 0 bridgehead atoms. The normalized spacial score (nSPS) is 19.9. The van der Waals surface area contributed by atoms with E-state index >= 15 is 0 Å². The van der Waals surface area contributed by atoms with E-state index < -0.39 is 20.9 Å². The fourth-order valence-corrected chi connectivity index (χ4v) is 3.12. The maximum absolute atomic E-state index is 11.9. The number of rotatable bonds is 3. The molecule has 2 N–H and O–H groups in total. The number of sulfonamides is 1. The molecule has 0 radical (unpaired) electrons. The van der Waals surface area contributed by atoms with Crippen LogP contribution in [0, 0.1) is 6.92 Å². The average molecular weight is 287 g/mol. The zero-order chi connectivity index (χ0) is 14.4. The van der Waals surface area contributed by atoms with E-state index in [1.54, 1.807) is 14.0 Å². The smallest absolute Gasteiger partial charge is 0.223 e. The molecule has 106 valence electrons. The summed E-state index contributed by atoms with van der Waals surface area (Å²) in [6, 6.07) is 0. The number of nitrogens with two attached hydrogens (primary N) is 1. The zero-order valence-electron chi connectivity index (χ0n) is 11.3. The topological polar surface area (TPSA) is 112 Å². The first-order valence-corrected chi connectivity index (χ1v) is 7.35. The van der Waals surface area contributed by atoms with Gasteiger partial charge in [0, 0.05) is 13.5 Å². The third kappa shape index (κ3) is 2.76. The van der Waals surface area contributed by atoms with Gasteiger partial charge in [-0.15, -0.1) is 0 Å². The molecule has 1 aromatic rings. The Kier molecular flexibility index (Phi) is 3.13. The van der Waals surface area contributed by atoms with Crippen molar-refractivity contribution in [3.63, 3.8) is 0 Å². The molecule has 0 saturated heterocycles. The first-order valence-electron chi connectivity index (χ1n) is 5.74. The molecule has 0 aliphatic carbocycles. The number of primary sulfonamides is 1. The summed E-state index contributed by atoms with van der Waals surface area (Å²) in [5.41, 5.74) is 0.629. The second-order valence-electron chi connectivity index (χ2n) is 5.24. The highest BCUT2D eigenvalue weighted by atomic mass is 32.2. The lowest BCUT2D eigenvalue weighted by Gasteiger charge is -2.15. The predicted molar refractivity (Wildman–Crippen MR) is 68.8 cm³/mol. The summed E-state index contributed by atoms with van der Waals surface area (Å²) in [5.74, 6) is 0. The van der Waals surface area contributed by atoms with Crippen molar-refractivity contribution in [3.05, 3.63) is 11.4 Å². The summed E-state index contributed by atoms with van der Waals surface area (Å²) < 4.78 is 23.7. The van der Waals surface area contributed by atoms with Crippen LogP contribution in [0.3, 0.4) is 0 Å². The molecule has 0 fully saturated rings. The van der Waals surface area contributed by atoms with E-state index in [0.717, 1.165) is 0 Å². The first kappa shape index (κ1) is 13.9. The lowest BCUT2D eigenvalue weighted by molar-refractivity contribution is 0.0123. The van der Waals surface area contributed by atoms with E-state index in [1.165, 1.54) is 4.80 Å². The van der Waals surface area contributed by atoms with E-state index in [9.17, 15) is 8.42 Å². The minimum absolute atomic E-state index is 0.296. The van der Waals surface area contributed by atoms with Gasteiger partial charge in [-0.3, -0.25) is 0 Å². The van der Waals surface area contributed by atoms with Gasteiger partial charge in [-0.25, -0.2) is 13.6 Å². The van der Waals surface area contributed by atoms with Crippen LogP contribution >= 0.6 is 0 Å². The number of hydrogen-bond acceptors (Lipinski definition) is 6. The van der Waals surface area contributed by atoms with Gasteiger partial charge in [0.05, 0.1) is 11.4 Å². The van der Waals surface area contributed by atoms with E-state index in [-0.39, 0.29) is 0 Å². The highest BCUT2D eigenvalue weighted by Gasteiger charge is 2.41. The SMILES string of the molecule is Cc1nn(C)nc1C(C1=NOC(C)(C)C1)S(N)(=O)=O. The molecular weight excluding hydrogens is 270 g/mol. The predicted octanol–water partition coefficient (Wildman–Crippen LogP) is 0.00802. The zero-order valence-corrected chi connectivity index (χ0v) is 12.1. The van der Waals surface area contributed by atoms with Crippen LogP contribution in [0.4, 0.5) is 0 Å². The Balaban J connectivity index is 2.48. The molecular formula is C10H17N5O3S. The summed E-state index contributed by atoms with van der Waals surface area (Å²) in [6.07, 6.45) is 0.379. The second-order valence-corrected chi connectivity index (χ2v) is 6.89. The van der Waals surface area contributed by atoms with Crippen LogP contribution in [0.15, 0.2) is 5.16 Å². The van der Waals surface area contributed by atoms with E-state index in [4.69, 9.17) is 9.98 Å². The molecule has 1 unspecified atom stereocenters. The minimum atomic E-state index is -3.89. The van der Waals surface area contributed by atoms with E-state index in [2.05, 4.69) is 15.4 Å². The number of nitrogens with zero attached hydrogens (tertiary/aromatic N) is 4. The van der Waals surface area contributed by atoms with Gasteiger partial charge in [-0.05, 0) is 20.8 Å². The Hall–Kier alpha value is -1.48. The molecule has 1 aliphatic heterocycles. The number of hydrogen-bond donors (Lipinski definition) is 1. The molecule has 0 saturated carbocycles. The second kappa shape index (κ2) is 4.27. The maximum atomic E-state index is 11.9. The van der Waals surface area contributed by atoms with E-state index in [0.29, 0.717) is 23.5 Å². The van der Waals surface area contributed by atoms with Crippen LogP contribution < -0.4 is 5.14 Å². The van der Waals surface area contributed by atoms with Crippen molar-refractivity contribution < 1.29 is 13.3 Å². The van der Waals surface area contributed by atoms with Gasteiger partial charge >= 0.3 is 0 Å². The van der Waals surface area contributed by atoms with Gasteiger partial charge in [0.1, 0.15) is 11.3 Å². The monoisotopic (exact) mass is 287 g/mol. The van der Waals surface area contributed by atoms with Gasteiger partial charge in [0.15, 0.2) is 5.25 Å². The van der Waals surface area contributed by atoms with Gasteiger partial charge in [0.2, 0.25) is 10.0 Å². The summed E-state index contributed by atoms with van der Waals surface area (Å²) in [7, 11) is -2.27. The van der Waals surface area contributed by atoms with Crippen molar-refractivity contribution >= 4 is 15.7 Å². The van der Waals surface area contributed by atoms with Gasteiger partial charge in [0.25, 0.3) is 0 Å². The fraction of sp³-hybridized carbons (Fsp3) is 0.700. The third-order valence-electron chi connectivity index (χ3n) is 2.81. The minimum Gasteiger partial charge on any atom is -0.389 e. The molecule has 1 aromatic heterocycles. The van der Waals surface area contributed by atoms with Crippen molar-refractivity contribution in [3.8, 4) is 0 Å². The van der Waals surface area contributed by atoms with Crippen molar-refractivity contribution in [2.24, 2.45) is 17.3 Å². The van der Waals surface area contributed by atoms with Gasteiger partial charge < -0.3 is 4.84 Å². The Morgan fingerprint density at radius 2 is 2.05 bits per heavy atom. The molecule has 0 aromatic carbocycles. The van der Waals surface area contributed by atoms with Crippen LogP contribution in [-0.4, -0.2) is 34.7 Å². The molecule has 0 amide bonds. The fourth-order valence-electron chi connectivity index (χ4n) is 2.09. The Morgan fingerprint density at radius 1 is 1.42 bits per heavy atom. The molecule has 2 rings (SSSR count). The maximum Gasteiger partial charge on any atom is 0.223 e. The number of oxime groups is 1. The van der Waals surface area contributed by atoms with Crippen LogP contribution in [0.5, 0.6) is 0 Å². The molecule has 9 heteroatoms. The first-order chi connectivity index (χ1) is 8.60. The highest BCUT2D eigenvalue weighted by Crippen LogP contribution is 2.32. The molecule has 0 spiro atoms. The summed E-state index contributed by atoms with van der Waals surface area (Å²) in [6.45, 7) is 5.34. The standard InChI is InChI=1S/C10H17N5O3S/c1-6-8(13-15(4)12-6)9(19(11,16)17)7-5-10(2,3)18-14-7/h9H,5H2,1-4H3,(H2,11,16,17). The highest BCUT2D eigenvalue weighted by molar-refractivity contribution is 7.90. The molecule has 1 aliphatic rings. The van der Waals surface area contributed by atoms with Gasteiger partial charge in [-0.2, -0.15) is 15.0 Å². The van der Waals surface area contributed by atoms with Crippen molar-refractivity contribution in [1.82, 2.24) is 15.0 Å². The van der Waals surface area contributed by atoms with Crippen LogP contribution in [-0.2, 0) is 21.9 Å².